The molecule has 2 N–H and O–H groups in total. The quantitative estimate of drug-likeness (QED) is 0.947. The van der Waals surface area contributed by atoms with Gasteiger partial charge >= 0.3 is 0 Å². The molecule has 3 nitrogen and oxygen atoms in total. The van der Waals surface area contributed by atoms with Crippen LogP contribution in [0.25, 0.3) is 11.4 Å². The maximum Gasteiger partial charge on any atom is 0.159 e. The van der Waals surface area contributed by atoms with Crippen molar-refractivity contribution in [1.82, 2.24) is 9.97 Å². The lowest BCUT2D eigenvalue weighted by molar-refractivity contribution is 0.918. The van der Waals surface area contributed by atoms with Gasteiger partial charge < -0.3 is 5.73 Å². The Morgan fingerprint density at radius 3 is 2.78 bits per heavy atom. The fourth-order valence-corrected chi connectivity index (χ4v) is 2.24. The molecule has 0 atom stereocenters. The molecule has 0 saturated heterocycles. The highest BCUT2D eigenvalue weighted by Gasteiger charge is 2.09. The molecule has 1 aromatic heterocycles. The van der Waals surface area contributed by atoms with Crippen LogP contribution in [0, 0.1) is 6.92 Å². The average Bonchev–Trinajstić information content (AvgIpc) is 2.40. The third kappa shape index (κ3) is 2.60. The molecule has 18 heavy (non-hydrogen) atoms. The van der Waals surface area contributed by atoms with Crippen LogP contribution in [0.5, 0.6) is 0 Å². The molecule has 4 heteroatoms. The highest BCUT2D eigenvalue weighted by Crippen LogP contribution is 2.24. The van der Waals surface area contributed by atoms with Crippen molar-refractivity contribution < 1.29 is 0 Å². The number of hydrogen-bond acceptors (Lipinski definition) is 3. The number of hydrogen-bond donors (Lipinski definition) is 1. The molecule has 0 aliphatic carbocycles. The lowest BCUT2D eigenvalue weighted by atomic mass is 10.1. The van der Waals surface area contributed by atoms with Gasteiger partial charge in [0.15, 0.2) is 5.82 Å². The van der Waals surface area contributed by atoms with Crippen molar-refractivity contribution in [2.45, 2.75) is 26.8 Å². The molecule has 0 aliphatic heterocycles. The van der Waals surface area contributed by atoms with Crippen LogP contribution in [0.15, 0.2) is 28.9 Å². The summed E-state index contributed by atoms with van der Waals surface area (Å²) < 4.78 is 1.03. The predicted molar refractivity (Wildman–Crippen MR) is 77.2 cm³/mol. The number of halogens is 1. The molecule has 2 rings (SSSR count). The van der Waals surface area contributed by atoms with Crippen LogP contribution in [0.4, 0.5) is 0 Å². The first-order valence-corrected chi connectivity index (χ1v) is 6.76. The van der Waals surface area contributed by atoms with Crippen molar-refractivity contribution in [2.75, 3.05) is 0 Å². The zero-order valence-electron chi connectivity index (χ0n) is 10.6. The van der Waals surface area contributed by atoms with Crippen LogP contribution in [0.1, 0.15) is 23.7 Å². The van der Waals surface area contributed by atoms with Crippen molar-refractivity contribution in [3.8, 4) is 11.4 Å². The Morgan fingerprint density at radius 1 is 1.33 bits per heavy atom. The van der Waals surface area contributed by atoms with Gasteiger partial charge in [-0.15, -0.1) is 0 Å². The van der Waals surface area contributed by atoms with E-state index in [1.807, 2.05) is 18.3 Å². The Balaban J connectivity index is 2.54. The monoisotopic (exact) mass is 305 g/mol. The molecule has 1 aromatic carbocycles. The van der Waals surface area contributed by atoms with Crippen molar-refractivity contribution in [1.29, 1.82) is 0 Å². The second-order valence-corrected chi connectivity index (χ2v) is 5.10. The SMILES string of the molecule is CCc1nc(-c2cc(Br)ccc2C)ncc1CN. The summed E-state index contributed by atoms with van der Waals surface area (Å²) in [4.78, 5) is 9.04. The number of aromatic nitrogens is 2. The summed E-state index contributed by atoms with van der Waals surface area (Å²) in [6.45, 7) is 4.63. The Hall–Kier alpha value is -1.26. The van der Waals surface area contributed by atoms with Crippen LogP contribution >= 0.6 is 15.9 Å². The zero-order chi connectivity index (χ0) is 13.1. The normalized spacial score (nSPS) is 10.7. The number of aryl methyl sites for hydroxylation is 2. The first-order chi connectivity index (χ1) is 8.65. The van der Waals surface area contributed by atoms with E-state index in [-0.39, 0.29) is 0 Å². The number of nitrogens with two attached hydrogens (primary N) is 1. The third-order valence-electron chi connectivity index (χ3n) is 2.95. The molecule has 0 bridgehead atoms. The van der Waals surface area contributed by atoms with Gasteiger partial charge in [-0.2, -0.15) is 0 Å². The van der Waals surface area contributed by atoms with E-state index >= 15 is 0 Å². The number of benzene rings is 1. The number of nitrogens with zero attached hydrogens (tertiary/aromatic N) is 2. The van der Waals surface area contributed by atoms with Crippen molar-refractivity contribution in [3.63, 3.8) is 0 Å². The van der Waals surface area contributed by atoms with E-state index < -0.39 is 0 Å². The summed E-state index contributed by atoms with van der Waals surface area (Å²) in [6, 6.07) is 6.13. The highest BCUT2D eigenvalue weighted by molar-refractivity contribution is 9.10. The minimum absolute atomic E-state index is 0.487. The summed E-state index contributed by atoms with van der Waals surface area (Å²) in [5.74, 6) is 0.767. The standard InChI is InChI=1S/C14H16BrN3/c1-3-13-10(7-16)8-17-14(18-13)12-6-11(15)5-4-9(12)2/h4-6,8H,3,7,16H2,1-2H3. The molecule has 0 spiro atoms. The Morgan fingerprint density at radius 2 is 2.11 bits per heavy atom. The number of rotatable bonds is 3. The van der Waals surface area contributed by atoms with Gasteiger partial charge in [-0.1, -0.05) is 28.9 Å². The smallest absolute Gasteiger partial charge is 0.159 e. The first-order valence-electron chi connectivity index (χ1n) is 5.97. The minimum atomic E-state index is 0.487. The van der Waals surface area contributed by atoms with E-state index in [9.17, 15) is 0 Å². The van der Waals surface area contributed by atoms with Gasteiger partial charge in [-0.25, -0.2) is 9.97 Å². The third-order valence-corrected chi connectivity index (χ3v) is 3.44. The van der Waals surface area contributed by atoms with Crippen LogP contribution in [0.3, 0.4) is 0 Å². The summed E-state index contributed by atoms with van der Waals surface area (Å²) >= 11 is 3.48. The van der Waals surface area contributed by atoms with Gasteiger partial charge in [0, 0.05) is 34.0 Å². The van der Waals surface area contributed by atoms with E-state index in [1.54, 1.807) is 0 Å². The molecule has 0 saturated carbocycles. The molecule has 2 aromatic rings. The Kier molecular flexibility index (Phi) is 4.09. The van der Waals surface area contributed by atoms with E-state index in [0.717, 1.165) is 33.5 Å². The second-order valence-electron chi connectivity index (χ2n) is 4.18. The van der Waals surface area contributed by atoms with Gasteiger partial charge in [0.05, 0.1) is 0 Å². The minimum Gasteiger partial charge on any atom is -0.326 e. The lowest BCUT2D eigenvalue weighted by Gasteiger charge is -2.09. The van der Waals surface area contributed by atoms with Gasteiger partial charge in [-0.05, 0) is 31.0 Å². The van der Waals surface area contributed by atoms with Crippen LogP contribution in [-0.4, -0.2) is 9.97 Å². The van der Waals surface area contributed by atoms with Gasteiger partial charge in [0.1, 0.15) is 0 Å². The van der Waals surface area contributed by atoms with Gasteiger partial charge in [0.25, 0.3) is 0 Å². The van der Waals surface area contributed by atoms with E-state index in [1.165, 1.54) is 5.56 Å². The molecule has 0 amide bonds. The summed E-state index contributed by atoms with van der Waals surface area (Å²) in [5, 5.41) is 0. The first kappa shape index (κ1) is 13.2. The molecule has 0 aliphatic rings. The van der Waals surface area contributed by atoms with E-state index in [2.05, 4.69) is 45.8 Å². The maximum atomic E-state index is 5.68. The summed E-state index contributed by atoms with van der Waals surface area (Å²) in [6.07, 6.45) is 2.70. The molecule has 0 fully saturated rings. The Labute approximate surface area is 116 Å². The Bertz CT molecular complexity index is 567. The highest BCUT2D eigenvalue weighted by atomic mass is 79.9. The second kappa shape index (κ2) is 5.59. The molecular weight excluding hydrogens is 290 g/mol. The predicted octanol–water partition coefficient (Wildman–Crippen LogP) is 3.24. The largest absolute Gasteiger partial charge is 0.326 e. The fourth-order valence-electron chi connectivity index (χ4n) is 1.88. The van der Waals surface area contributed by atoms with Crippen molar-refractivity contribution in [2.24, 2.45) is 5.73 Å². The van der Waals surface area contributed by atoms with Crippen molar-refractivity contribution in [3.05, 3.63) is 45.7 Å². The molecular formula is C14H16BrN3. The van der Waals surface area contributed by atoms with Gasteiger partial charge in [-0.3, -0.25) is 0 Å². The van der Waals surface area contributed by atoms with Crippen LogP contribution in [0.2, 0.25) is 0 Å². The van der Waals surface area contributed by atoms with Gasteiger partial charge in [0.2, 0.25) is 0 Å². The fraction of sp³-hybridized carbons (Fsp3) is 0.286. The van der Waals surface area contributed by atoms with Crippen molar-refractivity contribution >= 4 is 15.9 Å². The summed E-state index contributed by atoms with van der Waals surface area (Å²) in [7, 11) is 0. The molecule has 1 heterocycles. The average molecular weight is 306 g/mol. The zero-order valence-corrected chi connectivity index (χ0v) is 12.2. The maximum absolute atomic E-state index is 5.68. The van der Waals surface area contributed by atoms with E-state index in [4.69, 9.17) is 5.73 Å². The van der Waals surface area contributed by atoms with Crippen LogP contribution < -0.4 is 5.73 Å². The molecule has 0 radical (unpaired) electrons. The lowest BCUT2D eigenvalue weighted by Crippen LogP contribution is -2.06. The van der Waals surface area contributed by atoms with Crippen LogP contribution in [-0.2, 0) is 13.0 Å². The molecule has 0 unspecified atom stereocenters. The van der Waals surface area contributed by atoms with E-state index in [0.29, 0.717) is 6.54 Å². The summed E-state index contributed by atoms with van der Waals surface area (Å²) in [5.41, 5.74) is 9.96. The topological polar surface area (TPSA) is 51.8 Å². The molecule has 94 valence electrons.